The van der Waals surface area contributed by atoms with Gasteiger partial charge in [-0.1, -0.05) is 0 Å². The second-order valence-electron chi connectivity index (χ2n) is 1.84. The molecule has 0 fully saturated rings. The van der Waals surface area contributed by atoms with Gasteiger partial charge in [0, 0.05) is 19.5 Å². The zero-order valence-corrected chi connectivity index (χ0v) is 6.01. The van der Waals surface area contributed by atoms with Crippen LogP contribution in [0.25, 0.3) is 0 Å². The second kappa shape index (κ2) is 8.55. The number of carbonyl (C=O) groups is 1. The molecule has 0 saturated carbocycles. The van der Waals surface area contributed by atoms with Crippen LogP contribution in [0.1, 0.15) is 12.8 Å². The van der Waals surface area contributed by atoms with Gasteiger partial charge in [-0.05, 0) is 6.42 Å². The molecule has 0 spiro atoms. The van der Waals surface area contributed by atoms with Gasteiger partial charge in [0.1, 0.15) is 6.29 Å². The highest BCUT2D eigenvalue weighted by Gasteiger charge is 1.85. The molecule has 0 aliphatic rings. The number of carbonyl (C=O) groups excluding carboxylic acids is 1. The smallest absolute Gasteiger partial charge is 0.120 e. The summed E-state index contributed by atoms with van der Waals surface area (Å²) < 4.78 is 0. The highest BCUT2D eigenvalue weighted by atomic mass is 16.6. The van der Waals surface area contributed by atoms with E-state index >= 15 is 0 Å². The molecule has 0 aromatic rings. The maximum atomic E-state index is 9.81. The van der Waals surface area contributed by atoms with E-state index in [1.807, 2.05) is 0 Å². The van der Waals surface area contributed by atoms with Gasteiger partial charge in [0.15, 0.2) is 0 Å². The fraction of sp³-hybridized carbons (Fsp3) is 0.833. The third-order valence-electron chi connectivity index (χ3n) is 0.923. The minimum atomic E-state index is 0.515. The second-order valence-corrected chi connectivity index (χ2v) is 1.84. The van der Waals surface area contributed by atoms with Gasteiger partial charge in [-0.3, -0.25) is 0 Å². The van der Waals surface area contributed by atoms with Crippen molar-refractivity contribution in [3.05, 3.63) is 0 Å². The fourth-order valence-electron chi connectivity index (χ4n) is 0.461. The molecule has 0 radical (unpaired) electrons. The molecule has 0 amide bonds. The molecule has 0 aliphatic carbocycles. The zero-order valence-electron chi connectivity index (χ0n) is 6.01. The molecule has 10 heavy (non-hydrogen) atoms. The van der Waals surface area contributed by atoms with Crippen molar-refractivity contribution >= 4 is 6.29 Å². The summed E-state index contributed by atoms with van der Waals surface area (Å²) in [5.41, 5.74) is 7.83. The van der Waals surface area contributed by atoms with Crippen molar-refractivity contribution in [2.75, 3.05) is 19.7 Å². The molecule has 0 rings (SSSR count). The van der Waals surface area contributed by atoms with E-state index in [4.69, 9.17) is 10.6 Å². The SMILES string of the molecule is NCCONCCCC=O. The average molecular weight is 146 g/mol. The Balaban J connectivity index is 2.70. The number of nitrogens with one attached hydrogen (secondary N) is 1. The molecular weight excluding hydrogens is 132 g/mol. The normalized spacial score (nSPS) is 9.70. The lowest BCUT2D eigenvalue weighted by atomic mass is 10.3. The van der Waals surface area contributed by atoms with E-state index in [-0.39, 0.29) is 0 Å². The molecule has 0 atom stereocenters. The van der Waals surface area contributed by atoms with E-state index < -0.39 is 0 Å². The standard InChI is InChI=1S/C6H14N2O2/c7-3-6-10-8-4-1-2-5-9/h5,8H,1-4,6-7H2. The number of aldehydes is 1. The third kappa shape index (κ3) is 7.55. The predicted molar refractivity (Wildman–Crippen MR) is 38.3 cm³/mol. The molecule has 0 unspecified atom stereocenters. The highest BCUT2D eigenvalue weighted by Crippen LogP contribution is 1.79. The summed E-state index contributed by atoms with van der Waals surface area (Å²) in [6.07, 6.45) is 2.29. The van der Waals surface area contributed by atoms with E-state index in [0.717, 1.165) is 12.7 Å². The summed E-state index contributed by atoms with van der Waals surface area (Å²) >= 11 is 0. The Morgan fingerprint density at radius 2 is 2.40 bits per heavy atom. The minimum Gasteiger partial charge on any atom is -0.328 e. The Labute approximate surface area is 60.7 Å². The van der Waals surface area contributed by atoms with Gasteiger partial charge in [0.05, 0.1) is 6.61 Å². The largest absolute Gasteiger partial charge is 0.328 e. The molecule has 60 valence electrons. The van der Waals surface area contributed by atoms with Crippen LogP contribution in [0.4, 0.5) is 0 Å². The van der Waals surface area contributed by atoms with Crippen LogP contribution >= 0.6 is 0 Å². The lowest BCUT2D eigenvalue weighted by Crippen LogP contribution is -2.20. The molecule has 0 saturated heterocycles. The molecule has 0 aliphatic heterocycles. The van der Waals surface area contributed by atoms with Crippen LogP contribution < -0.4 is 11.2 Å². The maximum Gasteiger partial charge on any atom is 0.120 e. The maximum absolute atomic E-state index is 9.81. The van der Waals surface area contributed by atoms with Gasteiger partial charge >= 0.3 is 0 Å². The number of unbranched alkanes of at least 4 members (excludes halogenated alkanes) is 1. The third-order valence-corrected chi connectivity index (χ3v) is 0.923. The average Bonchev–Trinajstić information content (AvgIpc) is 1.97. The van der Waals surface area contributed by atoms with E-state index in [0.29, 0.717) is 26.1 Å². The van der Waals surface area contributed by atoms with E-state index in [1.165, 1.54) is 0 Å². The first-order valence-corrected chi connectivity index (χ1v) is 3.40. The summed E-state index contributed by atoms with van der Waals surface area (Å²) in [5.74, 6) is 0. The first kappa shape index (κ1) is 9.55. The molecule has 0 heterocycles. The Morgan fingerprint density at radius 1 is 1.60 bits per heavy atom. The van der Waals surface area contributed by atoms with Crippen LogP contribution in [0.3, 0.4) is 0 Å². The Morgan fingerprint density at radius 3 is 3.00 bits per heavy atom. The number of hydroxylamine groups is 1. The van der Waals surface area contributed by atoms with Crippen molar-refractivity contribution in [2.45, 2.75) is 12.8 Å². The summed E-state index contributed by atoms with van der Waals surface area (Å²) in [4.78, 5) is 14.6. The van der Waals surface area contributed by atoms with Gasteiger partial charge in [0.2, 0.25) is 0 Å². The first-order valence-electron chi connectivity index (χ1n) is 3.40. The van der Waals surface area contributed by atoms with Gasteiger partial charge in [0.25, 0.3) is 0 Å². The molecule has 3 N–H and O–H groups in total. The van der Waals surface area contributed by atoms with Crippen LogP contribution in [0.2, 0.25) is 0 Å². The van der Waals surface area contributed by atoms with Crippen molar-refractivity contribution < 1.29 is 9.63 Å². The van der Waals surface area contributed by atoms with Crippen molar-refractivity contribution in [3.8, 4) is 0 Å². The lowest BCUT2D eigenvalue weighted by Gasteiger charge is -2.01. The zero-order chi connectivity index (χ0) is 7.66. The monoisotopic (exact) mass is 146 g/mol. The molecule has 0 aromatic carbocycles. The number of nitrogens with two attached hydrogens (primary N) is 1. The first-order chi connectivity index (χ1) is 4.91. The van der Waals surface area contributed by atoms with Crippen LogP contribution in [-0.4, -0.2) is 26.0 Å². The van der Waals surface area contributed by atoms with Gasteiger partial charge < -0.3 is 15.4 Å². The van der Waals surface area contributed by atoms with Crippen LogP contribution in [-0.2, 0) is 9.63 Å². The Bertz CT molecular complexity index is 78.1. The molecule has 0 bridgehead atoms. The van der Waals surface area contributed by atoms with Crippen molar-refractivity contribution in [3.63, 3.8) is 0 Å². The number of hydrogen-bond acceptors (Lipinski definition) is 4. The highest BCUT2D eigenvalue weighted by molar-refractivity contribution is 5.48. The summed E-state index contributed by atoms with van der Waals surface area (Å²) in [6.45, 7) is 1.74. The summed E-state index contributed by atoms with van der Waals surface area (Å²) in [6, 6.07) is 0. The summed E-state index contributed by atoms with van der Waals surface area (Å²) in [7, 11) is 0. The minimum absolute atomic E-state index is 0.515. The molecule has 0 aromatic heterocycles. The fourth-order valence-corrected chi connectivity index (χ4v) is 0.461. The van der Waals surface area contributed by atoms with Gasteiger partial charge in [-0.15, -0.1) is 0 Å². The molecule has 4 heteroatoms. The van der Waals surface area contributed by atoms with Crippen LogP contribution in [0, 0.1) is 0 Å². The van der Waals surface area contributed by atoms with Crippen LogP contribution in [0.15, 0.2) is 0 Å². The predicted octanol–water partition coefficient (Wildman–Crippen LogP) is -0.555. The lowest BCUT2D eigenvalue weighted by molar-refractivity contribution is -0.108. The van der Waals surface area contributed by atoms with E-state index in [1.54, 1.807) is 0 Å². The summed E-state index contributed by atoms with van der Waals surface area (Å²) in [5, 5.41) is 0. The molecular formula is C6H14N2O2. The van der Waals surface area contributed by atoms with E-state index in [9.17, 15) is 4.79 Å². The topological polar surface area (TPSA) is 64.3 Å². The van der Waals surface area contributed by atoms with Gasteiger partial charge in [-0.2, -0.15) is 0 Å². The van der Waals surface area contributed by atoms with Crippen molar-refractivity contribution in [1.82, 2.24) is 5.48 Å². The van der Waals surface area contributed by atoms with E-state index in [2.05, 4.69) is 5.48 Å². The van der Waals surface area contributed by atoms with Crippen molar-refractivity contribution in [1.29, 1.82) is 0 Å². The number of hydrogen-bond donors (Lipinski definition) is 2. The van der Waals surface area contributed by atoms with Gasteiger partial charge in [-0.25, -0.2) is 5.48 Å². The Kier molecular flexibility index (Phi) is 8.17. The van der Waals surface area contributed by atoms with Crippen LogP contribution in [0.5, 0.6) is 0 Å². The molecule has 4 nitrogen and oxygen atoms in total. The van der Waals surface area contributed by atoms with Crippen molar-refractivity contribution in [2.24, 2.45) is 5.73 Å². The number of rotatable bonds is 7. The Hall–Kier alpha value is -0.450. The quantitative estimate of drug-likeness (QED) is 0.287.